The van der Waals surface area contributed by atoms with E-state index in [0.29, 0.717) is 6.42 Å². The fourth-order valence-corrected chi connectivity index (χ4v) is 2.59. The molecule has 0 N–H and O–H groups in total. The van der Waals surface area contributed by atoms with E-state index in [1.54, 1.807) is 7.11 Å². The summed E-state index contributed by atoms with van der Waals surface area (Å²) in [4.78, 5) is 11.8. The maximum Gasteiger partial charge on any atom is 0.163 e. The largest absolute Gasteiger partial charge is 0.497 e. The van der Waals surface area contributed by atoms with E-state index in [0.717, 1.165) is 29.5 Å². The van der Waals surface area contributed by atoms with Gasteiger partial charge in [0, 0.05) is 12.0 Å². The molecule has 3 rings (SSSR count). The highest BCUT2D eigenvalue weighted by atomic mass is 16.5. The van der Waals surface area contributed by atoms with Crippen molar-refractivity contribution in [1.82, 2.24) is 0 Å². The second-order valence-electron chi connectivity index (χ2n) is 4.46. The molecule has 2 aromatic rings. The highest BCUT2D eigenvalue weighted by molar-refractivity contribution is 6.03. The minimum Gasteiger partial charge on any atom is -0.497 e. The second kappa shape index (κ2) is 3.88. The lowest BCUT2D eigenvalue weighted by molar-refractivity contribution is 0.0973. The first-order chi connectivity index (χ1) is 8.29. The number of carbonyl (C=O) groups is 1. The summed E-state index contributed by atoms with van der Waals surface area (Å²) in [7, 11) is 1.67. The number of rotatable bonds is 1. The number of fused-ring (bicyclic) bond motifs is 3. The Morgan fingerprint density at radius 2 is 2.00 bits per heavy atom. The third-order valence-electron chi connectivity index (χ3n) is 3.47. The first-order valence-electron chi connectivity index (χ1n) is 5.92. The topological polar surface area (TPSA) is 26.3 Å². The van der Waals surface area contributed by atoms with Gasteiger partial charge in [-0.25, -0.2) is 0 Å². The van der Waals surface area contributed by atoms with Crippen LogP contribution in [0.4, 0.5) is 0 Å². The van der Waals surface area contributed by atoms with Gasteiger partial charge in [-0.3, -0.25) is 4.79 Å². The molecule has 1 aliphatic carbocycles. The molecule has 2 nitrogen and oxygen atoms in total. The molecule has 0 radical (unpaired) electrons. The Labute approximate surface area is 100 Å². The van der Waals surface area contributed by atoms with Crippen LogP contribution in [0.15, 0.2) is 30.3 Å². The zero-order chi connectivity index (χ0) is 11.8. The fourth-order valence-electron chi connectivity index (χ4n) is 2.59. The third-order valence-corrected chi connectivity index (χ3v) is 3.47. The van der Waals surface area contributed by atoms with Crippen molar-refractivity contribution in [2.24, 2.45) is 0 Å². The summed E-state index contributed by atoms with van der Waals surface area (Å²) in [6.07, 6.45) is 2.66. The Bertz CT molecular complexity index is 599. The smallest absolute Gasteiger partial charge is 0.163 e. The molecule has 0 saturated heterocycles. The van der Waals surface area contributed by atoms with Crippen LogP contribution in [-0.4, -0.2) is 12.9 Å². The predicted molar refractivity (Wildman–Crippen MR) is 67.8 cm³/mol. The highest BCUT2D eigenvalue weighted by Gasteiger charge is 2.18. The normalized spacial score (nSPS) is 14.8. The maximum atomic E-state index is 11.8. The van der Waals surface area contributed by atoms with E-state index >= 15 is 0 Å². The first-order valence-corrected chi connectivity index (χ1v) is 5.92. The third kappa shape index (κ3) is 1.60. The van der Waals surface area contributed by atoms with Gasteiger partial charge in [0.15, 0.2) is 5.78 Å². The summed E-state index contributed by atoms with van der Waals surface area (Å²) >= 11 is 0. The van der Waals surface area contributed by atoms with E-state index in [2.05, 4.69) is 6.07 Å². The van der Waals surface area contributed by atoms with E-state index in [-0.39, 0.29) is 5.78 Å². The van der Waals surface area contributed by atoms with Crippen molar-refractivity contribution in [1.29, 1.82) is 0 Å². The molecule has 0 bridgehead atoms. The van der Waals surface area contributed by atoms with Gasteiger partial charge in [0.05, 0.1) is 7.11 Å². The molecule has 2 aromatic carbocycles. The number of benzene rings is 2. The summed E-state index contributed by atoms with van der Waals surface area (Å²) < 4.78 is 5.22. The van der Waals surface area contributed by atoms with Crippen LogP contribution in [0.25, 0.3) is 10.8 Å². The number of Topliss-reactive ketones (excluding diaryl/α,β-unsaturated/α-hetero) is 1. The van der Waals surface area contributed by atoms with Crippen molar-refractivity contribution < 1.29 is 9.53 Å². The fraction of sp³-hybridized carbons (Fsp3) is 0.267. The van der Waals surface area contributed by atoms with E-state index in [1.807, 2.05) is 24.3 Å². The highest BCUT2D eigenvalue weighted by Crippen LogP contribution is 2.30. The Morgan fingerprint density at radius 1 is 1.12 bits per heavy atom. The van der Waals surface area contributed by atoms with Gasteiger partial charge in [-0.05, 0) is 41.3 Å². The molecule has 1 aliphatic rings. The summed E-state index contributed by atoms with van der Waals surface area (Å²) in [5, 5.41) is 2.34. The summed E-state index contributed by atoms with van der Waals surface area (Å²) in [5.74, 6) is 1.14. The molecule has 0 unspecified atom stereocenters. The minimum atomic E-state index is 0.281. The second-order valence-corrected chi connectivity index (χ2v) is 4.46. The number of carbonyl (C=O) groups excluding carboxylic acids is 1. The van der Waals surface area contributed by atoms with Gasteiger partial charge in [0.2, 0.25) is 0 Å². The molecule has 0 amide bonds. The van der Waals surface area contributed by atoms with Crippen molar-refractivity contribution in [2.75, 3.05) is 7.11 Å². The average molecular weight is 226 g/mol. The van der Waals surface area contributed by atoms with E-state index in [1.165, 1.54) is 10.9 Å². The Morgan fingerprint density at radius 3 is 2.82 bits per heavy atom. The molecule has 0 spiro atoms. The lowest BCUT2D eigenvalue weighted by Crippen LogP contribution is -2.10. The summed E-state index contributed by atoms with van der Waals surface area (Å²) in [6.45, 7) is 0. The zero-order valence-corrected chi connectivity index (χ0v) is 9.82. The molecule has 0 fully saturated rings. The molecule has 86 valence electrons. The van der Waals surface area contributed by atoms with Crippen LogP contribution in [0, 0.1) is 0 Å². The van der Waals surface area contributed by atoms with Crippen LogP contribution in [0.1, 0.15) is 28.8 Å². The number of hydrogen-bond donors (Lipinski definition) is 0. The number of ether oxygens (including phenoxy) is 1. The number of methoxy groups -OCH3 is 1. The molecule has 0 heterocycles. The molecule has 0 saturated carbocycles. The standard InChI is InChI=1S/C15H14O2/c1-17-11-6-8-12-10(9-11)5-7-14-13(12)3-2-4-15(14)16/h5-9H,2-4H2,1H3. The van der Waals surface area contributed by atoms with Crippen LogP contribution in [0.2, 0.25) is 0 Å². The Hall–Kier alpha value is -1.83. The van der Waals surface area contributed by atoms with Crippen molar-refractivity contribution in [3.63, 3.8) is 0 Å². The molecular formula is C15H14O2. The quantitative estimate of drug-likeness (QED) is 0.745. The van der Waals surface area contributed by atoms with Crippen LogP contribution < -0.4 is 4.74 Å². The van der Waals surface area contributed by atoms with Crippen molar-refractivity contribution >= 4 is 16.6 Å². The summed E-state index contributed by atoms with van der Waals surface area (Å²) in [6, 6.07) is 10.0. The van der Waals surface area contributed by atoms with Gasteiger partial charge in [-0.15, -0.1) is 0 Å². The SMILES string of the molecule is COc1ccc2c3c(ccc2c1)C(=O)CCC3. The monoisotopic (exact) mass is 226 g/mol. The first kappa shape index (κ1) is 10.3. The Kier molecular flexibility index (Phi) is 2.36. The van der Waals surface area contributed by atoms with Gasteiger partial charge >= 0.3 is 0 Å². The predicted octanol–water partition coefficient (Wildman–Crippen LogP) is 3.37. The van der Waals surface area contributed by atoms with E-state index < -0.39 is 0 Å². The molecule has 0 aromatic heterocycles. The van der Waals surface area contributed by atoms with Crippen molar-refractivity contribution in [3.05, 3.63) is 41.5 Å². The van der Waals surface area contributed by atoms with Gasteiger partial charge < -0.3 is 4.74 Å². The van der Waals surface area contributed by atoms with Crippen LogP contribution >= 0.6 is 0 Å². The molecule has 2 heteroatoms. The lowest BCUT2D eigenvalue weighted by Gasteiger charge is -2.17. The van der Waals surface area contributed by atoms with Crippen molar-refractivity contribution in [3.8, 4) is 5.75 Å². The Balaban J connectivity index is 2.27. The zero-order valence-electron chi connectivity index (χ0n) is 9.82. The van der Waals surface area contributed by atoms with Gasteiger partial charge in [0.25, 0.3) is 0 Å². The lowest BCUT2D eigenvalue weighted by atomic mass is 9.87. The molecule has 17 heavy (non-hydrogen) atoms. The molecular weight excluding hydrogens is 212 g/mol. The number of aryl methyl sites for hydroxylation is 1. The average Bonchev–Trinajstić information content (AvgIpc) is 2.38. The molecule has 0 aliphatic heterocycles. The molecule has 0 atom stereocenters. The number of ketones is 1. The van der Waals surface area contributed by atoms with Crippen LogP contribution in [0.5, 0.6) is 5.75 Å². The van der Waals surface area contributed by atoms with E-state index in [4.69, 9.17) is 4.74 Å². The maximum absolute atomic E-state index is 11.8. The van der Waals surface area contributed by atoms with Crippen LogP contribution in [-0.2, 0) is 6.42 Å². The van der Waals surface area contributed by atoms with Gasteiger partial charge in [-0.2, -0.15) is 0 Å². The minimum absolute atomic E-state index is 0.281. The van der Waals surface area contributed by atoms with E-state index in [9.17, 15) is 4.79 Å². The van der Waals surface area contributed by atoms with Gasteiger partial charge in [-0.1, -0.05) is 18.2 Å². The summed E-state index contributed by atoms with van der Waals surface area (Å²) in [5.41, 5.74) is 2.12. The van der Waals surface area contributed by atoms with Crippen LogP contribution in [0.3, 0.4) is 0 Å². The van der Waals surface area contributed by atoms with Crippen molar-refractivity contribution in [2.45, 2.75) is 19.3 Å². The van der Waals surface area contributed by atoms with Gasteiger partial charge in [0.1, 0.15) is 5.75 Å². The number of hydrogen-bond acceptors (Lipinski definition) is 2.